The lowest BCUT2D eigenvalue weighted by Gasteiger charge is -2.31. The van der Waals surface area contributed by atoms with Crippen LogP contribution in [0.1, 0.15) is 19.4 Å². The molecule has 1 aromatic heterocycles. The maximum atomic E-state index is 12.6. The Morgan fingerprint density at radius 2 is 1.83 bits per heavy atom. The number of nitrogens with two attached hydrogens (primary N) is 1. The number of benzene rings is 2. The third-order valence-corrected chi connectivity index (χ3v) is 6.66. The molecule has 1 aliphatic heterocycles. The summed E-state index contributed by atoms with van der Waals surface area (Å²) in [6, 6.07) is 14.0. The molecule has 156 valence electrons. The fraction of sp³-hybridized carbons (Fsp3) is 0.227. The van der Waals surface area contributed by atoms with Crippen LogP contribution >= 0.6 is 0 Å². The molecule has 0 radical (unpaired) electrons. The van der Waals surface area contributed by atoms with Gasteiger partial charge in [-0.15, -0.1) is 0 Å². The van der Waals surface area contributed by atoms with Crippen molar-refractivity contribution in [3.05, 3.63) is 76.3 Å². The van der Waals surface area contributed by atoms with E-state index in [1.807, 2.05) is 12.1 Å². The van der Waals surface area contributed by atoms with Gasteiger partial charge in [0, 0.05) is 16.5 Å². The smallest absolute Gasteiger partial charge is 0.344 e. The summed E-state index contributed by atoms with van der Waals surface area (Å²) in [7, 11) is -2.44. The standard InChI is InChI=1S/C22H21NO6S/c1-13-10-20(30(23,25)26)22(2,29-13)15-8-9-16(19(12-15)27-3)17-11-14-6-4-5-7-18(14)28-21(17)24/h4-12,20H,1-3H3,(H2,23,25,26). The molecule has 8 heteroatoms. The molecule has 2 heterocycles. The summed E-state index contributed by atoms with van der Waals surface area (Å²) in [5.41, 5.74) is 0.193. The van der Waals surface area contributed by atoms with Crippen molar-refractivity contribution < 1.29 is 22.3 Å². The summed E-state index contributed by atoms with van der Waals surface area (Å²) in [6.07, 6.45) is 1.49. The number of para-hydroxylation sites is 1. The highest BCUT2D eigenvalue weighted by Crippen LogP contribution is 2.43. The SMILES string of the molecule is COc1cc(C2(C)OC(C)=CC2S(N)(=O)=O)ccc1-c1cc2ccccc2oc1=O. The monoisotopic (exact) mass is 427 g/mol. The van der Waals surface area contributed by atoms with Crippen molar-refractivity contribution in [2.45, 2.75) is 24.7 Å². The predicted molar refractivity (Wildman–Crippen MR) is 114 cm³/mol. The van der Waals surface area contributed by atoms with Crippen LogP contribution in [-0.2, 0) is 20.4 Å². The Kier molecular flexibility index (Phi) is 4.71. The second kappa shape index (κ2) is 7.00. The Morgan fingerprint density at radius 3 is 2.53 bits per heavy atom. The maximum absolute atomic E-state index is 12.6. The summed E-state index contributed by atoms with van der Waals surface area (Å²) in [6.45, 7) is 3.34. The average molecular weight is 427 g/mol. The minimum atomic E-state index is -3.91. The van der Waals surface area contributed by atoms with Gasteiger partial charge < -0.3 is 13.9 Å². The first-order chi connectivity index (χ1) is 14.1. The molecule has 0 aliphatic carbocycles. The number of hydrogen-bond acceptors (Lipinski definition) is 6. The summed E-state index contributed by atoms with van der Waals surface area (Å²) in [5.74, 6) is 0.854. The molecular weight excluding hydrogens is 406 g/mol. The number of ether oxygens (including phenoxy) is 2. The molecule has 0 fully saturated rings. The van der Waals surface area contributed by atoms with Gasteiger partial charge in [-0.3, -0.25) is 0 Å². The fourth-order valence-electron chi connectivity index (χ4n) is 3.90. The van der Waals surface area contributed by atoms with Gasteiger partial charge in [-0.25, -0.2) is 18.4 Å². The van der Waals surface area contributed by atoms with E-state index in [9.17, 15) is 13.2 Å². The Bertz CT molecular complexity index is 1340. The number of rotatable bonds is 4. The van der Waals surface area contributed by atoms with E-state index in [-0.39, 0.29) is 0 Å². The molecule has 2 unspecified atom stereocenters. The molecule has 0 saturated heterocycles. The minimum Gasteiger partial charge on any atom is -0.496 e. The molecule has 0 amide bonds. The number of allylic oxidation sites excluding steroid dienone is 1. The van der Waals surface area contributed by atoms with Gasteiger partial charge in [0.05, 0.1) is 18.4 Å². The van der Waals surface area contributed by atoms with Gasteiger partial charge >= 0.3 is 5.63 Å². The topological polar surface area (TPSA) is 109 Å². The summed E-state index contributed by atoms with van der Waals surface area (Å²) in [5, 5.41) is 5.17. The first-order valence-corrected chi connectivity index (χ1v) is 10.9. The lowest BCUT2D eigenvalue weighted by Crippen LogP contribution is -2.42. The summed E-state index contributed by atoms with van der Waals surface area (Å²) >= 11 is 0. The zero-order valence-corrected chi connectivity index (χ0v) is 17.5. The minimum absolute atomic E-state index is 0.340. The van der Waals surface area contributed by atoms with Gasteiger partial charge in [0.2, 0.25) is 10.0 Å². The number of hydrogen-bond donors (Lipinski definition) is 1. The molecular formula is C22H21NO6S. The van der Waals surface area contributed by atoms with E-state index in [0.717, 1.165) is 5.39 Å². The van der Waals surface area contributed by atoms with Crippen molar-refractivity contribution in [2.24, 2.45) is 5.14 Å². The highest BCUT2D eigenvalue weighted by Gasteiger charge is 2.48. The number of fused-ring (bicyclic) bond motifs is 1. The molecule has 0 saturated carbocycles. The first kappa shape index (κ1) is 20.2. The van der Waals surface area contributed by atoms with Crippen LogP contribution in [0.3, 0.4) is 0 Å². The van der Waals surface area contributed by atoms with Crippen LogP contribution in [0, 0.1) is 0 Å². The highest BCUT2D eigenvalue weighted by molar-refractivity contribution is 7.90. The van der Waals surface area contributed by atoms with E-state index in [2.05, 4.69) is 0 Å². The molecule has 2 N–H and O–H groups in total. The Morgan fingerprint density at radius 1 is 1.10 bits per heavy atom. The predicted octanol–water partition coefficient (Wildman–Crippen LogP) is 3.27. The lowest BCUT2D eigenvalue weighted by atomic mass is 9.90. The van der Waals surface area contributed by atoms with Crippen LogP contribution in [0.4, 0.5) is 0 Å². The number of primary sulfonamides is 1. The first-order valence-electron chi connectivity index (χ1n) is 9.24. The van der Waals surface area contributed by atoms with Crippen molar-refractivity contribution in [1.82, 2.24) is 0 Å². The third-order valence-electron chi connectivity index (χ3n) is 5.36. The zero-order chi connectivity index (χ0) is 21.7. The second-order valence-electron chi connectivity index (χ2n) is 7.40. The number of sulfonamides is 1. The van der Waals surface area contributed by atoms with Gasteiger partial charge in [-0.05, 0) is 44.2 Å². The van der Waals surface area contributed by atoms with Crippen molar-refractivity contribution in [2.75, 3.05) is 7.11 Å². The van der Waals surface area contributed by atoms with Crippen LogP contribution in [0.2, 0.25) is 0 Å². The van der Waals surface area contributed by atoms with E-state index in [1.54, 1.807) is 50.2 Å². The molecule has 2 atom stereocenters. The van der Waals surface area contributed by atoms with Gasteiger partial charge in [0.15, 0.2) is 5.60 Å². The third kappa shape index (κ3) is 3.28. The van der Waals surface area contributed by atoms with Gasteiger partial charge in [0.1, 0.15) is 16.6 Å². The molecule has 7 nitrogen and oxygen atoms in total. The Labute approximate surface area is 173 Å². The summed E-state index contributed by atoms with van der Waals surface area (Å²) in [4.78, 5) is 12.6. The van der Waals surface area contributed by atoms with Crippen molar-refractivity contribution in [3.8, 4) is 16.9 Å². The largest absolute Gasteiger partial charge is 0.496 e. The van der Waals surface area contributed by atoms with Crippen molar-refractivity contribution in [1.29, 1.82) is 0 Å². The maximum Gasteiger partial charge on any atom is 0.344 e. The van der Waals surface area contributed by atoms with Crippen LogP contribution < -0.4 is 15.5 Å². The number of methoxy groups -OCH3 is 1. The summed E-state index contributed by atoms with van der Waals surface area (Å²) < 4.78 is 41.1. The average Bonchev–Trinajstić information content (AvgIpc) is 3.03. The van der Waals surface area contributed by atoms with Crippen molar-refractivity contribution >= 4 is 21.0 Å². The quantitative estimate of drug-likeness (QED) is 0.640. The van der Waals surface area contributed by atoms with Crippen LogP contribution in [-0.4, -0.2) is 20.8 Å². The van der Waals surface area contributed by atoms with E-state index in [0.29, 0.717) is 33.8 Å². The van der Waals surface area contributed by atoms with Gasteiger partial charge in [-0.2, -0.15) is 0 Å². The Balaban J connectivity index is 1.86. The second-order valence-corrected chi connectivity index (χ2v) is 9.08. The normalized spacial score (nSPS) is 21.3. The van der Waals surface area contributed by atoms with E-state index in [1.165, 1.54) is 13.2 Å². The van der Waals surface area contributed by atoms with Gasteiger partial charge in [0.25, 0.3) is 0 Å². The fourth-order valence-corrected chi connectivity index (χ4v) is 5.09. The van der Waals surface area contributed by atoms with Crippen LogP contribution in [0.5, 0.6) is 5.75 Å². The lowest BCUT2D eigenvalue weighted by molar-refractivity contribution is 0.0436. The Hall–Kier alpha value is -3.10. The molecule has 1 aliphatic rings. The van der Waals surface area contributed by atoms with Crippen LogP contribution in [0.25, 0.3) is 22.1 Å². The highest BCUT2D eigenvalue weighted by atomic mass is 32.2. The van der Waals surface area contributed by atoms with Crippen molar-refractivity contribution in [3.63, 3.8) is 0 Å². The molecule has 4 rings (SSSR count). The van der Waals surface area contributed by atoms with E-state index < -0.39 is 26.5 Å². The molecule has 0 spiro atoms. The van der Waals surface area contributed by atoms with Crippen LogP contribution in [0.15, 0.2) is 69.6 Å². The molecule has 0 bridgehead atoms. The molecule has 3 aromatic rings. The van der Waals surface area contributed by atoms with E-state index >= 15 is 0 Å². The van der Waals surface area contributed by atoms with E-state index in [4.69, 9.17) is 19.0 Å². The van der Waals surface area contributed by atoms with Gasteiger partial charge in [-0.1, -0.05) is 24.3 Å². The molecule has 30 heavy (non-hydrogen) atoms. The zero-order valence-electron chi connectivity index (χ0n) is 16.7. The molecule has 2 aromatic carbocycles.